The van der Waals surface area contributed by atoms with Crippen molar-refractivity contribution in [3.05, 3.63) is 64.7 Å². The Balaban J connectivity index is 2.10. The second kappa shape index (κ2) is 6.13. The van der Waals surface area contributed by atoms with Gasteiger partial charge in [0.1, 0.15) is 5.82 Å². The highest BCUT2D eigenvalue weighted by atomic mass is 35.5. The van der Waals surface area contributed by atoms with E-state index in [-0.39, 0.29) is 17.9 Å². The van der Waals surface area contributed by atoms with Crippen LogP contribution in [0.2, 0.25) is 5.02 Å². The van der Waals surface area contributed by atoms with E-state index in [2.05, 4.69) is 17.2 Å². The lowest BCUT2D eigenvalue weighted by Gasteiger charge is -2.21. The first-order chi connectivity index (χ1) is 9.08. The maximum atomic E-state index is 13.0. The number of nitrogens with one attached hydrogen (secondary N) is 1. The van der Waals surface area contributed by atoms with Crippen molar-refractivity contribution >= 4 is 11.6 Å². The Morgan fingerprint density at radius 1 is 1.11 bits per heavy atom. The predicted octanol–water partition coefficient (Wildman–Crippen LogP) is 4.29. The predicted molar refractivity (Wildman–Crippen MR) is 75.6 cm³/mol. The minimum Gasteiger partial charge on any atom is -0.304 e. The highest BCUT2D eigenvalue weighted by molar-refractivity contribution is 6.31. The molecule has 0 fully saturated rings. The first-order valence-electron chi connectivity index (χ1n) is 6.19. The van der Waals surface area contributed by atoms with Crippen LogP contribution in [0, 0.1) is 5.82 Å². The molecule has 0 aliphatic rings. The van der Waals surface area contributed by atoms with E-state index in [4.69, 9.17) is 11.6 Å². The molecular weight excluding hydrogens is 263 g/mol. The number of nitrogens with zero attached hydrogens (tertiary/aromatic N) is 1. The number of halogens is 2. The number of pyridine rings is 1. The molecule has 0 bridgehead atoms. The van der Waals surface area contributed by atoms with Crippen LogP contribution < -0.4 is 5.32 Å². The van der Waals surface area contributed by atoms with Crippen LogP contribution in [0.5, 0.6) is 0 Å². The summed E-state index contributed by atoms with van der Waals surface area (Å²) in [6.45, 7) is 4.08. The Morgan fingerprint density at radius 2 is 1.79 bits per heavy atom. The SMILES string of the molecule is CC(N[C@H](C)c1ccncc1)c1ccc(F)cc1Cl. The fourth-order valence-electron chi connectivity index (χ4n) is 2.07. The van der Waals surface area contributed by atoms with E-state index >= 15 is 0 Å². The highest BCUT2D eigenvalue weighted by Gasteiger charge is 2.13. The van der Waals surface area contributed by atoms with Crippen LogP contribution in [0.15, 0.2) is 42.7 Å². The quantitative estimate of drug-likeness (QED) is 0.903. The van der Waals surface area contributed by atoms with Gasteiger partial charge in [-0.05, 0) is 49.2 Å². The molecule has 0 saturated heterocycles. The van der Waals surface area contributed by atoms with Crippen LogP contribution in [0.25, 0.3) is 0 Å². The van der Waals surface area contributed by atoms with Gasteiger partial charge in [0, 0.05) is 29.5 Å². The Hall–Kier alpha value is -1.45. The molecule has 1 unspecified atom stereocenters. The van der Waals surface area contributed by atoms with Crippen molar-refractivity contribution in [3.8, 4) is 0 Å². The van der Waals surface area contributed by atoms with E-state index in [1.807, 2.05) is 19.1 Å². The second-order valence-corrected chi connectivity index (χ2v) is 4.96. The molecule has 1 N–H and O–H groups in total. The van der Waals surface area contributed by atoms with Crippen molar-refractivity contribution in [1.29, 1.82) is 0 Å². The molecule has 1 aromatic carbocycles. The molecular formula is C15H16ClFN2. The van der Waals surface area contributed by atoms with E-state index in [0.717, 1.165) is 11.1 Å². The molecule has 100 valence electrons. The third-order valence-corrected chi connectivity index (χ3v) is 3.46. The van der Waals surface area contributed by atoms with E-state index in [9.17, 15) is 4.39 Å². The van der Waals surface area contributed by atoms with Crippen LogP contribution in [-0.2, 0) is 0 Å². The average Bonchev–Trinajstić information content (AvgIpc) is 2.39. The fourth-order valence-corrected chi connectivity index (χ4v) is 2.40. The maximum Gasteiger partial charge on any atom is 0.124 e. The van der Waals surface area contributed by atoms with Gasteiger partial charge in [-0.2, -0.15) is 0 Å². The summed E-state index contributed by atoms with van der Waals surface area (Å²) in [6, 6.07) is 8.63. The van der Waals surface area contributed by atoms with E-state index in [0.29, 0.717) is 5.02 Å². The number of aromatic nitrogens is 1. The van der Waals surface area contributed by atoms with Crippen LogP contribution in [0.3, 0.4) is 0 Å². The molecule has 0 radical (unpaired) electrons. The van der Waals surface area contributed by atoms with Gasteiger partial charge in [0.15, 0.2) is 0 Å². The number of hydrogen-bond donors (Lipinski definition) is 1. The summed E-state index contributed by atoms with van der Waals surface area (Å²) in [6.07, 6.45) is 3.53. The Morgan fingerprint density at radius 3 is 2.42 bits per heavy atom. The highest BCUT2D eigenvalue weighted by Crippen LogP contribution is 2.25. The molecule has 2 rings (SSSR count). The van der Waals surface area contributed by atoms with Crippen molar-refractivity contribution in [2.24, 2.45) is 0 Å². The molecule has 19 heavy (non-hydrogen) atoms. The largest absolute Gasteiger partial charge is 0.304 e. The zero-order valence-electron chi connectivity index (χ0n) is 10.9. The van der Waals surface area contributed by atoms with Crippen molar-refractivity contribution in [1.82, 2.24) is 10.3 Å². The Kier molecular flexibility index (Phi) is 4.51. The van der Waals surface area contributed by atoms with Gasteiger partial charge in [0.05, 0.1) is 0 Å². The molecule has 0 amide bonds. The monoisotopic (exact) mass is 278 g/mol. The zero-order chi connectivity index (χ0) is 13.8. The summed E-state index contributed by atoms with van der Waals surface area (Å²) in [5, 5.41) is 3.88. The molecule has 0 spiro atoms. The van der Waals surface area contributed by atoms with Gasteiger partial charge < -0.3 is 5.32 Å². The van der Waals surface area contributed by atoms with Gasteiger partial charge in [-0.1, -0.05) is 17.7 Å². The lowest BCUT2D eigenvalue weighted by atomic mass is 10.0. The zero-order valence-corrected chi connectivity index (χ0v) is 11.7. The Bertz CT molecular complexity index is 545. The van der Waals surface area contributed by atoms with Crippen LogP contribution >= 0.6 is 11.6 Å². The third-order valence-electron chi connectivity index (χ3n) is 3.14. The molecule has 2 atom stereocenters. The van der Waals surface area contributed by atoms with Gasteiger partial charge in [-0.3, -0.25) is 4.98 Å². The van der Waals surface area contributed by atoms with Gasteiger partial charge >= 0.3 is 0 Å². The number of benzene rings is 1. The molecule has 1 aromatic heterocycles. The van der Waals surface area contributed by atoms with Gasteiger partial charge in [-0.15, -0.1) is 0 Å². The molecule has 0 saturated carbocycles. The lowest BCUT2D eigenvalue weighted by molar-refractivity contribution is 0.493. The smallest absolute Gasteiger partial charge is 0.124 e. The summed E-state index contributed by atoms with van der Waals surface area (Å²) in [4.78, 5) is 4.00. The second-order valence-electron chi connectivity index (χ2n) is 4.56. The normalized spacial score (nSPS) is 14.1. The first-order valence-corrected chi connectivity index (χ1v) is 6.56. The van der Waals surface area contributed by atoms with E-state index in [1.54, 1.807) is 18.5 Å². The van der Waals surface area contributed by atoms with Crippen molar-refractivity contribution in [3.63, 3.8) is 0 Å². The molecule has 0 aliphatic carbocycles. The summed E-state index contributed by atoms with van der Waals surface area (Å²) in [7, 11) is 0. The van der Waals surface area contributed by atoms with Gasteiger partial charge in [0.25, 0.3) is 0 Å². The molecule has 2 aromatic rings. The maximum absolute atomic E-state index is 13.0. The summed E-state index contributed by atoms with van der Waals surface area (Å²) < 4.78 is 13.0. The average molecular weight is 279 g/mol. The standard InChI is InChI=1S/C15H16ClFN2/c1-10(12-5-7-18-8-6-12)19-11(2)14-4-3-13(17)9-15(14)16/h3-11,19H,1-2H3/t10-,11?/m1/s1. The number of hydrogen-bond acceptors (Lipinski definition) is 2. The van der Waals surface area contributed by atoms with Gasteiger partial charge in [0.2, 0.25) is 0 Å². The van der Waals surface area contributed by atoms with Crippen molar-refractivity contribution in [2.45, 2.75) is 25.9 Å². The molecule has 4 heteroatoms. The van der Waals surface area contributed by atoms with Crippen LogP contribution in [0.1, 0.15) is 37.1 Å². The van der Waals surface area contributed by atoms with E-state index < -0.39 is 0 Å². The molecule has 0 aliphatic heterocycles. The fraction of sp³-hybridized carbons (Fsp3) is 0.267. The topological polar surface area (TPSA) is 24.9 Å². The number of rotatable bonds is 4. The molecule has 2 nitrogen and oxygen atoms in total. The molecule has 1 heterocycles. The van der Waals surface area contributed by atoms with Crippen molar-refractivity contribution in [2.75, 3.05) is 0 Å². The Labute approximate surface area is 117 Å². The minimum atomic E-state index is -0.317. The summed E-state index contributed by atoms with van der Waals surface area (Å²) in [5.74, 6) is -0.317. The van der Waals surface area contributed by atoms with Crippen LogP contribution in [-0.4, -0.2) is 4.98 Å². The lowest BCUT2D eigenvalue weighted by Crippen LogP contribution is -2.22. The third kappa shape index (κ3) is 3.52. The van der Waals surface area contributed by atoms with Crippen molar-refractivity contribution < 1.29 is 4.39 Å². The summed E-state index contributed by atoms with van der Waals surface area (Å²) >= 11 is 6.06. The minimum absolute atomic E-state index is 0.0382. The van der Waals surface area contributed by atoms with E-state index in [1.165, 1.54) is 12.1 Å². The summed E-state index contributed by atoms with van der Waals surface area (Å²) in [5.41, 5.74) is 2.05. The van der Waals surface area contributed by atoms with Crippen LogP contribution in [0.4, 0.5) is 4.39 Å². The first kappa shape index (κ1) is 14.0. The van der Waals surface area contributed by atoms with Gasteiger partial charge in [-0.25, -0.2) is 4.39 Å².